The molecule has 0 saturated carbocycles. The third-order valence-corrected chi connectivity index (χ3v) is 3.93. The van der Waals surface area contributed by atoms with Crippen molar-refractivity contribution in [2.75, 3.05) is 14.2 Å². The Labute approximate surface area is 134 Å². The van der Waals surface area contributed by atoms with Crippen molar-refractivity contribution in [3.8, 4) is 5.75 Å². The first-order valence-electron chi connectivity index (χ1n) is 7.03. The summed E-state index contributed by atoms with van der Waals surface area (Å²) in [7, 11) is 3.64. The fourth-order valence-electron chi connectivity index (χ4n) is 2.59. The summed E-state index contributed by atoms with van der Waals surface area (Å²) in [6.07, 6.45) is 1.78. The predicted molar refractivity (Wildman–Crippen MR) is 88.9 cm³/mol. The largest absolute Gasteiger partial charge is 0.493 e. The number of nitrogens with one attached hydrogen (secondary N) is 1. The highest BCUT2D eigenvalue weighted by molar-refractivity contribution is 9.10. The Morgan fingerprint density at radius 2 is 2.00 bits per heavy atom. The number of nitrogens with zero attached hydrogens (tertiary/aromatic N) is 2. The Hall–Kier alpha value is -1.33. The van der Waals surface area contributed by atoms with Crippen molar-refractivity contribution in [1.29, 1.82) is 0 Å². The van der Waals surface area contributed by atoms with Crippen LogP contribution in [0.25, 0.3) is 0 Å². The number of rotatable bonds is 5. The molecule has 1 aromatic heterocycles. The van der Waals surface area contributed by atoms with Gasteiger partial charge in [0.1, 0.15) is 5.69 Å². The molecule has 0 saturated heterocycles. The Bertz CT molecular complexity index is 602. The molecule has 2 rings (SSSR count). The van der Waals surface area contributed by atoms with E-state index in [2.05, 4.69) is 65.3 Å². The van der Waals surface area contributed by atoms with Gasteiger partial charge in [-0.25, -0.2) is 0 Å². The molecule has 5 heteroatoms. The fourth-order valence-corrected chi connectivity index (χ4v) is 3.22. The summed E-state index contributed by atoms with van der Waals surface area (Å²) in [5, 5.41) is 7.85. The SMILES string of the molecule is CNC(c1cc(C)cc(Br)c1)c1c(OC)cnn1C(C)C. The normalized spacial score (nSPS) is 12.7. The number of methoxy groups -OCH3 is 1. The maximum Gasteiger partial charge on any atom is 0.161 e. The Morgan fingerprint density at radius 1 is 1.29 bits per heavy atom. The van der Waals surface area contributed by atoms with E-state index in [4.69, 9.17) is 4.74 Å². The first-order chi connectivity index (χ1) is 9.97. The molecule has 1 atom stereocenters. The van der Waals surface area contributed by atoms with Crippen LogP contribution in [0.5, 0.6) is 5.75 Å². The number of halogens is 1. The molecule has 0 aliphatic carbocycles. The van der Waals surface area contributed by atoms with Crippen molar-refractivity contribution in [2.24, 2.45) is 0 Å². The minimum atomic E-state index is 0.0287. The molecule has 0 fully saturated rings. The summed E-state index contributed by atoms with van der Waals surface area (Å²) in [5.74, 6) is 0.806. The monoisotopic (exact) mass is 351 g/mol. The lowest BCUT2D eigenvalue weighted by Gasteiger charge is -2.22. The second-order valence-electron chi connectivity index (χ2n) is 5.42. The van der Waals surface area contributed by atoms with Crippen LogP contribution >= 0.6 is 15.9 Å². The number of ether oxygens (including phenoxy) is 1. The second kappa shape index (κ2) is 6.62. The van der Waals surface area contributed by atoms with Crippen LogP contribution in [0.3, 0.4) is 0 Å². The third-order valence-electron chi connectivity index (χ3n) is 3.47. The van der Waals surface area contributed by atoms with E-state index in [1.165, 1.54) is 11.1 Å². The summed E-state index contributed by atoms with van der Waals surface area (Å²) in [4.78, 5) is 0. The van der Waals surface area contributed by atoms with Crippen LogP contribution in [0, 0.1) is 6.92 Å². The molecule has 1 unspecified atom stereocenters. The van der Waals surface area contributed by atoms with Crippen LogP contribution in [0.2, 0.25) is 0 Å². The number of hydrogen-bond donors (Lipinski definition) is 1. The minimum absolute atomic E-state index is 0.0287. The van der Waals surface area contributed by atoms with Gasteiger partial charge in [-0.1, -0.05) is 22.0 Å². The Balaban J connectivity index is 2.57. The van der Waals surface area contributed by atoms with E-state index >= 15 is 0 Å². The molecule has 114 valence electrons. The highest BCUT2D eigenvalue weighted by Gasteiger charge is 2.24. The zero-order chi connectivity index (χ0) is 15.6. The molecule has 1 heterocycles. The first-order valence-corrected chi connectivity index (χ1v) is 7.83. The topological polar surface area (TPSA) is 39.1 Å². The molecule has 0 aliphatic heterocycles. The van der Waals surface area contributed by atoms with E-state index in [9.17, 15) is 0 Å². The van der Waals surface area contributed by atoms with Gasteiger partial charge in [-0.2, -0.15) is 5.10 Å². The van der Waals surface area contributed by atoms with E-state index in [0.29, 0.717) is 0 Å². The van der Waals surface area contributed by atoms with E-state index in [-0.39, 0.29) is 12.1 Å². The van der Waals surface area contributed by atoms with Crippen LogP contribution < -0.4 is 10.1 Å². The fraction of sp³-hybridized carbons (Fsp3) is 0.438. The molecule has 21 heavy (non-hydrogen) atoms. The highest BCUT2D eigenvalue weighted by atomic mass is 79.9. The van der Waals surface area contributed by atoms with Gasteiger partial charge in [0.2, 0.25) is 0 Å². The first kappa shape index (κ1) is 16.0. The smallest absolute Gasteiger partial charge is 0.161 e. The number of benzene rings is 1. The lowest BCUT2D eigenvalue weighted by atomic mass is 10.0. The zero-order valence-corrected chi connectivity index (χ0v) is 14.7. The van der Waals surface area contributed by atoms with Gasteiger partial charge >= 0.3 is 0 Å². The number of aryl methyl sites for hydroxylation is 1. The lowest BCUT2D eigenvalue weighted by Crippen LogP contribution is -2.23. The van der Waals surface area contributed by atoms with Crippen molar-refractivity contribution in [2.45, 2.75) is 32.9 Å². The van der Waals surface area contributed by atoms with E-state index in [0.717, 1.165) is 15.9 Å². The van der Waals surface area contributed by atoms with Crippen molar-refractivity contribution in [1.82, 2.24) is 15.1 Å². The molecule has 0 bridgehead atoms. The number of hydrogen-bond acceptors (Lipinski definition) is 3. The molecule has 0 aliphatic rings. The van der Waals surface area contributed by atoms with Gasteiger partial charge in [-0.3, -0.25) is 4.68 Å². The maximum atomic E-state index is 5.51. The van der Waals surface area contributed by atoms with Crippen molar-refractivity contribution in [3.05, 3.63) is 45.7 Å². The molecular formula is C16H22BrN3O. The molecule has 1 N–H and O–H groups in total. The van der Waals surface area contributed by atoms with E-state index < -0.39 is 0 Å². The predicted octanol–water partition coefficient (Wildman–Crippen LogP) is 3.85. The standard InChI is InChI=1S/C16H22BrN3O/c1-10(2)20-16(14(21-5)9-19-20)15(18-4)12-6-11(3)7-13(17)8-12/h6-10,15,18H,1-5H3. The van der Waals surface area contributed by atoms with Crippen LogP contribution in [0.1, 0.15) is 42.8 Å². The molecule has 0 radical (unpaired) electrons. The molecule has 1 aromatic carbocycles. The summed E-state index contributed by atoms with van der Waals surface area (Å²) >= 11 is 3.58. The van der Waals surface area contributed by atoms with E-state index in [1.807, 2.05) is 11.7 Å². The van der Waals surface area contributed by atoms with Crippen LogP contribution in [-0.2, 0) is 0 Å². The molecule has 2 aromatic rings. The van der Waals surface area contributed by atoms with Gasteiger partial charge in [0.15, 0.2) is 5.75 Å². The van der Waals surface area contributed by atoms with E-state index in [1.54, 1.807) is 13.3 Å². The van der Waals surface area contributed by atoms with Crippen molar-refractivity contribution in [3.63, 3.8) is 0 Å². The van der Waals surface area contributed by atoms with Gasteiger partial charge in [-0.15, -0.1) is 0 Å². The Kier molecular flexibility index (Phi) is 5.06. The summed E-state index contributed by atoms with van der Waals surface area (Å²) in [6.45, 7) is 6.33. The maximum absolute atomic E-state index is 5.51. The average molecular weight is 352 g/mol. The van der Waals surface area contributed by atoms with Gasteiger partial charge in [0.25, 0.3) is 0 Å². The average Bonchev–Trinajstić information content (AvgIpc) is 2.82. The Morgan fingerprint density at radius 3 is 2.52 bits per heavy atom. The summed E-state index contributed by atoms with van der Waals surface area (Å²) in [6, 6.07) is 6.72. The van der Waals surface area contributed by atoms with Gasteiger partial charge < -0.3 is 10.1 Å². The zero-order valence-electron chi connectivity index (χ0n) is 13.1. The van der Waals surface area contributed by atoms with Gasteiger partial charge in [0.05, 0.1) is 19.3 Å². The second-order valence-corrected chi connectivity index (χ2v) is 6.34. The van der Waals surface area contributed by atoms with Crippen LogP contribution in [0.4, 0.5) is 0 Å². The minimum Gasteiger partial charge on any atom is -0.493 e. The quantitative estimate of drug-likeness (QED) is 0.888. The molecule has 0 spiro atoms. The molecule has 4 nitrogen and oxygen atoms in total. The van der Waals surface area contributed by atoms with Gasteiger partial charge in [-0.05, 0) is 51.1 Å². The van der Waals surface area contributed by atoms with Gasteiger partial charge in [0, 0.05) is 10.5 Å². The summed E-state index contributed by atoms with van der Waals surface area (Å²) in [5.41, 5.74) is 3.45. The molecular weight excluding hydrogens is 330 g/mol. The highest BCUT2D eigenvalue weighted by Crippen LogP contribution is 2.33. The van der Waals surface area contributed by atoms with Crippen LogP contribution in [-0.4, -0.2) is 23.9 Å². The summed E-state index contributed by atoms with van der Waals surface area (Å²) < 4.78 is 8.59. The third kappa shape index (κ3) is 3.30. The van der Waals surface area contributed by atoms with Crippen LogP contribution in [0.15, 0.2) is 28.9 Å². The van der Waals surface area contributed by atoms with Crippen molar-refractivity contribution >= 4 is 15.9 Å². The lowest BCUT2D eigenvalue weighted by molar-refractivity contribution is 0.396. The number of aromatic nitrogens is 2. The molecule has 0 amide bonds. The van der Waals surface area contributed by atoms with Crippen molar-refractivity contribution < 1.29 is 4.74 Å².